The minimum atomic E-state index is -0.806. The van der Waals surface area contributed by atoms with Crippen molar-refractivity contribution in [3.63, 3.8) is 0 Å². The molecule has 1 unspecified atom stereocenters. The van der Waals surface area contributed by atoms with E-state index in [1.807, 2.05) is 0 Å². The smallest absolute Gasteiger partial charge is 0.323 e. The fraction of sp³-hybridized carbons (Fsp3) is 0.889. The Balaban J connectivity index is 2.27. The van der Waals surface area contributed by atoms with E-state index < -0.39 is 12.0 Å². The third kappa shape index (κ3) is 2.97. The van der Waals surface area contributed by atoms with Crippen molar-refractivity contribution in [3.05, 3.63) is 0 Å². The minimum absolute atomic E-state index is 0.135. The van der Waals surface area contributed by atoms with Gasteiger partial charge in [0.15, 0.2) is 0 Å². The molecule has 0 bridgehead atoms. The topological polar surface area (TPSA) is 58.6 Å². The lowest BCUT2D eigenvalue weighted by molar-refractivity contribution is -0.142. The fourth-order valence-corrected chi connectivity index (χ4v) is 1.48. The molecule has 0 spiro atoms. The highest BCUT2D eigenvalue weighted by atomic mass is 16.5. The second-order valence-corrected chi connectivity index (χ2v) is 3.32. The van der Waals surface area contributed by atoms with Crippen LogP contribution in [0, 0.1) is 0 Å². The molecule has 0 aliphatic carbocycles. The van der Waals surface area contributed by atoms with E-state index >= 15 is 0 Å². The van der Waals surface area contributed by atoms with Gasteiger partial charge in [0, 0.05) is 6.61 Å². The van der Waals surface area contributed by atoms with Crippen molar-refractivity contribution in [2.45, 2.75) is 38.3 Å². The maximum atomic E-state index is 10.7. The number of ether oxygens (including phenoxy) is 1. The Kier molecular flexibility index (Phi) is 4.18. The molecule has 0 amide bonds. The van der Waals surface area contributed by atoms with Crippen LogP contribution in [-0.4, -0.2) is 36.4 Å². The highest BCUT2D eigenvalue weighted by molar-refractivity contribution is 5.74. The molecule has 0 saturated carbocycles. The second kappa shape index (κ2) is 5.19. The Morgan fingerprint density at radius 2 is 2.46 bits per heavy atom. The summed E-state index contributed by atoms with van der Waals surface area (Å²) in [5.41, 5.74) is 0. The monoisotopic (exact) mass is 187 g/mol. The molecule has 1 rings (SSSR count). The first-order chi connectivity index (χ1) is 6.25. The summed E-state index contributed by atoms with van der Waals surface area (Å²) in [6.45, 7) is 3.51. The third-order valence-electron chi connectivity index (χ3n) is 2.26. The summed E-state index contributed by atoms with van der Waals surface area (Å²) >= 11 is 0. The normalized spacial score (nSPS) is 27.8. The molecular formula is C9H17NO3. The van der Waals surface area contributed by atoms with E-state index in [1.54, 1.807) is 0 Å². The molecule has 0 aromatic rings. The van der Waals surface area contributed by atoms with Crippen LogP contribution in [0.25, 0.3) is 0 Å². The molecule has 76 valence electrons. The van der Waals surface area contributed by atoms with Crippen LogP contribution in [0.2, 0.25) is 0 Å². The van der Waals surface area contributed by atoms with Crippen LogP contribution in [0.5, 0.6) is 0 Å². The van der Waals surface area contributed by atoms with Gasteiger partial charge in [0.2, 0.25) is 0 Å². The highest BCUT2D eigenvalue weighted by Gasteiger charge is 2.32. The van der Waals surface area contributed by atoms with Crippen molar-refractivity contribution in [1.29, 1.82) is 0 Å². The molecular weight excluding hydrogens is 170 g/mol. The van der Waals surface area contributed by atoms with Crippen molar-refractivity contribution < 1.29 is 14.6 Å². The zero-order chi connectivity index (χ0) is 9.68. The van der Waals surface area contributed by atoms with Gasteiger partial charge in [0.1, 0.15) is 6.04 Å². The zero-order valence-corrected chi connectivity index (χ0v) is 7.95. The van der Waals surface area contributed by atoms with Gasteiger partial charge in [-0.15, -0.1) is 0 Å². The van der Waals surface area contributed by atoms with Crippen LogP contribution in [0.3, 0.4) is 0 Å². The van der Waals surface area contributed by atoms with Crippen LogP contribution >= 0.6 is 0 Å². The Hall–Kier alpha value is -0.610. The van der Waals surface area contributed by atoms with Gasteiger partial charge in [-0.25, -0.2) is 0 Å². The van der Waals surface area contributed by atoms with Gasteiger partial charge in [-0.1, -0.05) is 13.3 Å². The van der Waals surface area contributed by atoms with Crippen molar-refractivity contribution in [1.82, 2.24) is 5.32 Å². The van der Waals surface area contributed by atoms with Gasteiger partial charge in [-0.05, 0) is 19.4 Å². The van der Waals surface area contributed by atoms with Crippen molar-refractivity contribution >= 4 is 5.97 Å². The Morgan fingerprint density at radius 3 is 3.08 bits per heavy atom. The Labute approximate surface area is 78.3 Å². The largest absolute Gasteiger partial charge is 0.480 e. The van der Waals surface area contributed by atoms with Crippen LogP contribution in [0.4, 0.5) is 0 Å². The lowest BCUT2D eigenvalue weighted by Gasteiger charge is -2.15. The SMILES string of the molecule is CCCCOC1CCN[C@@H]1C(=O)O. The average molecular weight is 187 g/mol. The molecule has 0 aromatic carbocycles. The molecule has 13 heavy (non-hydrogen) atoms. The van der Waals surface area contributed by atoms with Gasteiger partial charge in [-0.2, -0.15) is 0 Å². The molecule has 1 aliphatic rings. The summed E-state index contributed by atoms with van der Waals surface area (Å²) in [5, 5.41) is 11.7. The predicted octanol–water partition coefficient (Wildman–Crippen LogP) is 0.618. The number of carbonyl (C=O) groups is 1. The summed E-state index contributed by atoms with van der Waals surface area (Å²) in [6, 6.07) is -0.503. The van der Waals surface area contributed by atoms with E-state index in [-0.39, 0.29) is 6.10 Å². The van der Waals surface area contributed by atoms with Crippen molar-refractivity contribution in [2.24, 2.45) is 0 Å². The summed E-state index contributed by atoms with van der Waals surface area (Å²) in [7, 11) is 0. The van der Waals surface area contributed by atoms with Crippen LogP contribution in [0.1, 0.15) is 26.2 Å². The lowest BCUT2D eigenvalue weighted by atomic mass is 10.2. The van der Waals surface area contributed by atoms with Gasteiger partial charge in [0.05, 0.1) is 6.10 Å². The minimum Gasteiger partial charge on any atom is -0.480 e. The maximum Gasteiger partial charge on any atom is 0.323 e. The van der Waals surface area contributed by atoms with Crippen LogP contribution < -0.4 is 5.32 Å². The first kappa shape index (κ1) is 10.5. The van der Waals surface area contributed by atoms with E-state index in [0.29, 0.717) is 6.61 Å². The number of carboxylic acids is 1. The molecule has 2 N–H and O–H groups in total. The van der Waals surface area contributed by atoms with E-state index in [4.69, 9.17) is 9.84 Å². The number of unbranched alkanes of at least 4 members (excludes halogenated alkanes) is 1. The summed E-state index contributed by atoms with van der Waals surface area (Å²) in [6.07, 6.45) is 2.76. The van der Waals surface area contributed by atoms with Gasteiger partial charge < -0.3 is 15.2 Å². The number of nitrogens with one attached hydrogen (secondary N) is 1. The van der Waals surface area contributed by atoms with Crippen LogP contribution in [0.15, 0.2) is 0 Å². The number of aliphatic carboxylic acids is 1. The van der Waals surface area contributed by atoms with Crippen molar-refractivity contribution in [2.75, 3.05) is 13.2 Å². The van der Waals surface area contributed by atoms with E-state index in [1.165, 1.54) is 0 Å². The molecule has 4 nitrogen and oxygen atoms in total. The summed E-state index contributed by atoms with van der Waals surface area (Å²) in [4.78, 5) is 10.7. The lowest BCUT2D eigenvalue weighted by Crippen LogP contribution is -2.39. The Bertz CT molecular complexity index is 172. The van der Waals surface area contributed by atoms with E-state index in [2.05, 4.69) is 12.2 Å². The molecule has 1 aliphatic heterocycles. The predicted molar refractivity (Wildman–Crippen MR) is 48.7 cm³/mol. The average Bonchev–Trinajstić information content (AvgIpc) is 2.53. The van der Waals surface area contributed by atoms with E-state index in [9.17, 15) is 4.79 Å². The second-order valence-electron chi connectivity index (χ2n) is 3.32. The number of hydrogen-bond donors (Lipinski definition) is 2. The zero-order valence-electron chi connectivity index (χ0n) is 7.95. The molecule has 4 heteroatoms. The fourth-order valence-electron chi connectivity index (χ4n) is 1.48. The standard InChI is InChI=1S/C9H17NO3/c1-2-3-6-13-7-4-5-10-8(7)9(11)12/h7-8,10H,2-6H2,1H3,(H,11,12)/t7?,8-/m0/s1. The molecule has 1 saturated heterocycles. The quantitative estimate of drug-likeness (QED) is 0.619. The first-order valence-corrected chi connectivity index (χ1v) is 4.83. The highest BCUT2D eigenvalue weighted by Crippen LogP contribution is 2.12. The summed E-state index contributed by atoms with van der Waals surface area (Å²) < 4.78 is 5.47. The van der Waals surface area contributed by atoms with Crippen molar-refractivity contribution in [3.8, 4) is 0 Å². The van der Waals surface area contributed by atoms with E-state index in [0.717, 1.165) is 25.8 Å². The first-order valence-electron chi connectivity index (χ1n) is 4.83. The molecule has 0 radical (unpaired) electrons. The molecule has 1 fully saturated rings. The molecule has 2 atom stereocenters. The number of rotatable bonds is 5. The third-order valence-corrected chi connectivity index (χ3v) is 2.26. The number of carboxylic acid groups (broad SMARTS) is 1. The van der Waals surface area contributed by atoms with Crippen LogP contribution in [-0.2, 0) is 9.53 Å². The number of hydrogen-bond acceptors (Lipinski definition) is 3. The van der Waals surface area contributed by atoms with Gasteiger partial charge in [-0.3, -0.25) is 4.79 Å². The molecule has 1 heterocycles. The summed E-state index contributed by atoms with van der Waals surface area (Å²) in [5.74, 6) is -0.806. The Morgan fingerprint density at radius 1 is 1.69 bits per heavy atom. The van der Waals surface area contributed by atoms with Gasteiger partial charge in [0.25, 0.3) is 0 Å². The maximum absolute atomic E-state index is 10.7. The molecule has 0 aromatic heterocycles. The van der Waals surface area contributed by atoms with Gasteiger partial charge >= 0.3 is 5.97 Å².